The summed E-state index contributed by atoms with van der Waals surface area (Å²) in [6, 6.07) is -1.89. The number of halogens is 18. The average Bonchev–Trinajstić information content (AvgIpc) is 2.64. The van der Waals surface area contributed by atoms with Crippen molar-refractivity contribution >= 4 is 17.3 Å². The number of hydrogen-bond donors (Lipinski definition) is 1. The molecule has 0 aliphatic heterocycles. The summed E-state index contributed by atoms with van der Waals surface area (Å²) in [5.41, 5.74) is 4.63. The van der Waals surface area contributed by atoms with E-state index in [0.717, 1.165) is 6.07 Å². The zero-order chi connectivity index (χ0) is 28.2. The van der Waals surface area contributed by atoms with Crippen LogP contribution in [0, 0.1) is 0 Å². The molecule has 1 rings (SSSR count). The van der Waals surface area contributed by atoms with Crippen molar-refractivity contribution in [1.29, 1.82) is 0 Å². The summed E-state index contributed by atoms with van der Waals surface area (Å²) in [6.07, 6.45) is -7.79. The molecule has 0 unspecified atom stereocenters. The molecule has 0 radical (unpaired) electrons. The van der Waals surface area contributed by atoms with Crippen LogP contribution in [0.5, 0.6) is 5.75 Å². The minimum absolute atomic E-state index is 0.420. The summed E-state index contributed by atoms with van der Waals surface area (Å²) in [5.74, 6) is -55.5. The highest BCUT2D eigenvalue weighted by Gasteiger charge is 2.93. The molecule has 0 aliphatic carbocycles. The van der Waals surface area contributed by atoms with Gasteiger partial charge in [0, 0.05) is 16.8 Å². The van der Waals surface area contributed by atoms with Crippen LogP contribution in [0.3, 0.4) is 0 Å². The topological polar surface area (TPSA) is 35.2 Å². The number of ether oxygens (including phenoxy) is 1. The molecule has 1 aromatic rings. The van der Waals surface area contributed by atoms with E-state index in [0.29, 0.717) is 12.1 Å². The van der Waals surface area contributed by atoms with Crippen LogP contribution in [-0.4, -0.2) is 41.7 Å². The molecule has 0 fully saturated rings. The second-order valence-corrected chi connectivity index (χ2v) is 6.79. The number of allylic oxidation sites excluding steroid dienone is 1. The summed E-state index contributed by atoms with van der Waals surface area (Å²) in [6.45, 7) is 0. The van der Waals surface area contributed by atoms with Gasteiger partial charge in [0.1, 0.15) is 5.75 Å². The number of hydrogen-bond acceptors (Lipinski definition) is 2. The maximum atomic E-state index is 13.6. The molecule has 0 aliphatic rings. The van der Waals surface area contributed by atoms with E-state index in [1.165, 1.54) is 0 Å². The molecule has 35 heavy (non-hydrogen) atoms. The molecule has 0 atom stereocenters. The zero-order valence-electron chi connectivity index (χ0n) is 15.5. The minimum atomic E-state index is -8.65. The van der Waals surface area contributed by atoms with E-state index in [-0.39, 0.29) is 0 Å². The molecule has 0 bridgehead atoms. The number of benzene rings is 1. The molecule has 0 amide bonds. The van der Waals surface area contributed by atoms with Crippen molar-refractivity contribution in [3.8, 4) is 5.75 Å². The van der Waals surface area contributed by atoms with Crippen LogP contribution in [-0.2, 0) is 0 Å². The lowest BCUT2D eigenvalue weighted by Gasteiger charge is -2.41. The van der Waals surface area contributed by atoms with Crippen molar-refractivity contribution in [2.24, 2.45) is 0 Å². The molecular formula is C15H5ClF17NO. The lowest BCUT2D eigenvalue weighted by molar-refractivity contribution is -0.451. The van der Waals surface area contributed by atoms with E-state index in [1.807, 2.05) is 0 Å². The van der Waals surface area contributed by atoms with Gasteiger partial charge in [0.25, 0.3) is 0 Å². The summed E-state index contributed by atoms with van der Waals surface area (Å²) in [5, 5.41) is -0.510. The van der Waals surface area contributed by atoms with Gasteiger partial charge >= 0.3 is 47.7 Å². The van der Waals surface area contributed by atoms with Gasteiger partial charge in [-0.1, -0.05) is 11.6 Å². The Kier molecular flexibility index (Phi) is 7.58. The largest absolute Gasteiger partial charge is 0.460 e. The second kappa shape index (κ2) is 8.65. The maximum Gasteiger partial charge on any atom is 0.460 e. The fraction of sp³-hybridized carbons (Fsp3) is 0.467. The van der Waals surface area contributed by atoms with Gasteiger partial charge in [0.05, 0.1) is 0 Å². The van der Waals surface area contributed by atoms with Crippen LogP contribution in [0.25, 0.3) is 0 Å². The van der Waals surface area contributed by atoms with Crippen LogP contribution >= 0.6 is 11.6 Å². The van der Waals surface area contributed by atoms with Gasteiger partial charge < -0.3 is 10.5 Å². The normalized spacial score (nSPS) is 15.7. The first-order valence-corrected chi connectivity index (χ1v) is 8.21. The first-order valence-electron chi connectivity index (χ1n) is 7.83. The molecular weight excluding hydrogens is 569 g/mol. The van der Waals surface area contributed by atoms with Gasteiger partial charge in [0.15, 0.2) is 0 Å². The Labute approximate surface area is 186 Å². The smallest absolute Gasteiger partial charge is 0.430 e. The minimum Gasteiger partial charge on any atom is -0.430 e. The molecule has 2 N–H and O–H groups in total. The molecule has 0 saturated carbocycles. The highest BCUT2D eigenvalue weighted by molar-refractivity contribution is 6.31. The first kappa shape index (κ1) is 30.7. The molecule has 202 valence electrons. The summed E-state index contributed by atoms with van der Waals surface area (Å²) < 4.78 is 226. The van der Waals surface area contributed by atoms with Gasteiger partial charge in [-0.3, -0.25) is 0 Å². The zero-order valence-corrected chi connectivity index (χ0v) is 16.3. The Morgan fingerprint density at radius 1 is 0.629 bits per heavy atom. The van der Waals surface area contributed by atoms with Crippen molar-refractivity contribution in [3.05, 3.63) is 35.1 Å². The van der Waals surface area contributed by atoms with Crippen molar-refractivity contribution in [1.82, 2.24) is 0 Å². The maximum absolute atomic E-state index is 13.6. The Hall–Kier alpha value is -2.34. The Balaban J connectivity index is 3.61. The van der Waals surface area contributed by atoms with Crippen LogP contribution in [0.4, 0.5) is 80.3 Å². The molecule has 2 nitrogen and oxygen atoms in total. The predicted molar refractivity (Wildman–Crippen MR) is 81.5 cm³/mol. The third-order valence-electron chi connectivity index (χ3n) is 3.88. The monoisotopic (exact) mass is 573 g/mol. The molecule has 0 saturated heterocycles. The Morgan fingerprint density at radius 3 is 1.43 bits per heavy atom. The van der Waals surface area contributed by atoms with Crippen LogP contribution in [0.2, 0.25) is 5.02 Å². The molecule has 20 heteroatoms. The number of rotatable bonds is 8. The first-order chi connectivity index (χ1) is 15.2. The molecule has 0 heterocycles. The number of alkyl halides is 15. The van der Waals surface area contributed by atoms with Crippen LogP contribution in [0.1, 0.15) is 0 Å². The fourth-order valence-electron chi connectivity index (χ4n) is 2.02. The number of nitrogen functional groups attached to an aromatic ring is 1. The third-order valence-corrected chi connectivity index (χ3v) is 4.10. The fourth-order valence-corrected chi connectivity index (χ4v) is 2.25. The number of anilines is 1. The van der Waals surface area contributed by atoms with Crippen molar-refractivity contribution in [2.45, 2.75) is 41.7 Å². The Bertz CT molecular complexity index is 964. The van der Waals surface area contributed by atoms with Crippen LogP contribution in [0.15, 0.2) is 30.0 Å². The van der Waals surface area contributed by atoms with E-state index in [4.69, 9.17) is 17.3 Å². The Morgan fingerprint density at radius 2 is 1.03 bits per heavy atom. The van der Waals surface area contributed by atoms with E-state index in [1.54, 1.807) is 0 Å². The van der Waals surface area contributed by atoms with E-state index in [9.17, 15) is 74.6 Å². The van der Waals surface area contributed by atoms with E-state index >= 15 is 0 Å². The lowest BCUT2D eigenvalue weighted by atomic mass is 9.91. The van der Waals surface area contributed by atoms with Gasteiger partial charge in [-0.15, -0.1) is 0 Å². The van der Waals surface area contributed by atoms with Gasteiger partial charge in [-0.2, -0.15) is 74.6 Å². The van der Waals surface area contributed by atoms with Gasteiger partial charge in [-0.25, -0.2) is 0 Å². The van der Waals surface area contributed by atoms with Crippen molar-refractivity contribution in [2.75, 3.05) is 5.73 Å². The third kappa shape index (κ3) is 4.62. The van der Waals surface area contributed by atoms with Gasteiger partial charge in [0.2, 0.25) is 5.83 Å². The summed E-state index contributed by atoms with van der Waals surface area (Å²) in [7, 11) is 0. The molecule has 0 spiro atoms. The number of nitrogens with two attached hydrogens (primary N) is 1. The SMILES string of the molecule is Nc1cc(Cl)cc(OC(F)=C(F)C(F)(F)C(F)(F)C(F)(F)C(F)(F)C(F)(F)C(F)(F)C(F)(F)F)c1. The van der Waals surface area contributed by atoms with E-state index in [2.05, 4.69) is 4.74 Å². The van der Waals surface area contributed by atoms with Crippen molar-refractivity contribution < 1.29 is 79.4 Å². The summed E-state index contributed by atoms with van der Waals surface area (Å²) in [4.78, 5) is 0. The lowest BCUT2D eigenvalue weighted by Crippen LogP contribution is -2.72. The van der Waals surface area contributed by atoms with E-state index < -0.39 is 70.0 Å². The van der Waals surface area contributed by atoms with Crippen molar-refractivity contribution in [3.63, 3.8) is 0 Å². The molecule has 0 aromatic heterocycles. The highest BCUT2D eigenvalue weighted by atomic mass is 35.5. The standard InChI is InChI=1S/C15H5ClF17NO/c16-4-1-5(34)3-6(2-4)35-8(18)7(17)9(19,20)10(21,22)11(23,24)12(25,26)13(27,28)14(29,30)15(31,32)33/h1-3H,34H2. The highest BCUT2D eigenvalue weighted by Crippen LogP contribution is 2.63. The average molecular weight is 574 g/mol. The molecule has 1 aromatic carbocycles. The predicted octanol–water partition coefficient (Wildman–Crippen LogP) is 7.78. The van der Waals surface area contributed by atoms with Gasteiger partial charge in [-0.05, 0) is 12.1 Å². The quantitative estimate of drug-likeness (QED) is 0.196. The second-order valence-electron chi connectivity index (χ2n) is 6.35. The van der Waals surface area contributed by atoms with Crippen LogP contribution < -0.4 is 10.5 Å². The summed E-state index contributed by atoms with van der Waals surface area (Å²) >= 11 is 5.34.